The largest absolute Gasteiger partial charge is 0.419 e. The Morgan fingerprint density at radius 1 is 1.09 bits per heavy atom. The molecule has 0 spiro atoms. The average molecular weight is 315 g/mol. The first-order chi connectivity index (χ1) is 10.9. The van der Waals surface area contributed by atoms with Gasteiger partial charge in [0.15, 0.2) is 0 Å². The van der Waals surface area contributed by atoms with Crippen molar-refractivity contribution in [2.45, 2.75) is 39.4 Å². The van der Waals surface area contributed by atoms with Crippen molar-refractivity contribution in [3.63, 3.8) is 0 Å². The van der Waals surface area contributed by atoms with E-state index in [2.05, 4.69) is 4.90 Å². The highest BCUT2D eigenvalue weighted by Gasteiger charge is 2.38. The molecule has 0 atom stereocenters. The van der Waals surface area contributed by atoms with Crippen molar-refractivity contribution in [1.29, 1.82) is 0 Å². The second-order valence-corrected chi connectivity index (χ2v) is 6.48. The zero-order valence-electron chi connectivity index (χ0n) is 13.7. The van der Waals surface area contributed by atoms with E-state index in [4.69, 9.17) is 9.47 Å². The number of hydrogen-bond donors (Lipinski definition) is 0. The lowest BCUT2D eigenvalue weighted by atomic mass is 10.1. The maximum absolute atomic E-state index is 12.0. The van der Waals surface area contributed by atoms with Crippen LogP contribution in [0.4, 0.5) is 5.69 Å². The van der Waals surface area contributed by atoms with Gasteiger partial charge < -0.3 is 14.4 Å². The van der Waals surface area contributed by atoms with E-state index in [1.807, 2.05) is 25.1 Å². The number of esters is 2. The van der Waals surface area contributed by atoms with E-state index in [0.29, 0.717) is 0 Å². The van der Waals surface area contributed by atoms with Crippen LogP contribution in [0.2, 0.25) is 0 Å². The van der Waals surface area contributed by atoms with Gasteiger partial charge in [0.1, 0.15) is 5.57 Å². The second-order valence-electron chi connectivity index (χ2n) is 6.48. The van der Waals surface area contributed by atoms with Gasteiger partial charge in [0.2, 0.25) is 0 Å². The van der Waals surface area contributed by atoms with E-state index < -0.39 is 17.7 Å². The summed E-state index contributed by atoms with van der Waals surface area (Å²) < 4.78 is 10.2. The molecule has 23 heavy (non-hydrogen) atoms. The van der Waals surface area contributed by atoms with Crippen LogP contribution in [0, 0.1) is 6.92 Å². The molecule has 2 aliphatic heterocycles. The minimum absolute atomic E-state index is 0.0716. The Bertz CT molecular complexity index is 662. The second kappa shape index (κ2) is 5.72. The van der Waals surface area contributed by atoms with Crippen molar-refractivity contribution in [3.05, 3.63) is 34.9 Å². The first-order valence-corrected chi connectivity index (χ1v) is 7.90. The summed E-state index contributed by atoms with van der Waals surface area (Å²) in [6, 6.07) is 5.92. The Balaban J connectivity index is 1.86. The summed E-state index contributed by atoms with van der Waals surface area (Å²) in [4.78, 5) is 26.3. The summed E-state index contributed by atoms with van der Waals surface area (Å²) in [5.41, 5.74) is 3.05. The normalized spacial score (nSPS) is 20.3. The van der Waals surface area contributed by atoms with Crippen molar-refractivity contribution in [2.24, 2.45) is 0 Å². The summed E-state index contributed by atoms with van der Waals surface area (Å²) in [5, 5.41) is 0. The SMILES string of the molecule is Cc1cc(C=C2C(=O)OC(C)(C)OC2=O)ccc1N1CCCC1. The number of nitrogens with zero attached hydrogens (tertiary/aromatic N) is 1. The van der Waals surface area contributed by atoms with E-state index in [9.17, 15) is 9.59 Å². The van der Waals surface area contributed by atoms with Crippen molar-refractivity contribution < 1.29 is 19.1 Å². The number of anilines is 1. The molecular formula is C18H21NO4. The molecule has 0 amide bonds. The third-order valence-corrected chi connectivity index (χ3v) is 4.10. The van der Waals surface area contributed by atoms with Gasteiger partial charge in [-0.1, -0.05) is 6.07 Å². The van der Waals surface area contributed by atoms with Crippen molar-refractivity contribution in [1.82, 2.24) is 0 Å². The molecule has 2 heterocycles. The molecular weight excluding hydrogens is 294 g/mol. The van der Waals surface area contributed by atoms with Gasteiger partial charge in [-0.2, -0.15) is 0 Å². The fraction of sp³-hybridized carbons (Fsp3) is 0.444. The molecule has 0 aliphatic carbocycles. The summed E-state index contributed by atoms with van der Waals surface area (Å²) in [6.45, 7) is 7.27. The number of carbonyl (C=O) groups excluding carboxylic acids is 2. The maximum Gasteiger partial charge on any atom is 0.348 e. The van der Waals surface area contributed by atoms with Crippen molar-refractivity contribution >= 4 is 23.7 Å². The van der Waals surface area contributed by atoms with Gasteiger partial charge in [0, 0.05) is 32.6 Å². The van der Waals surface area contributed by atoms with Crippen LogP contribution in [0.15, 0.2) is 23.8 Å². The number of aryl methyl sites for hydroxylation is 1. The number of ether oxygens (including phenoxy) is 2. The molecule has 0 bridgehead atoms. The Hall–Kier alpha value is -2.30. The molecule has 2 aliphatic rings. The van der Waals surface area contributed by atoms with Crippen LogP contribution in [0.3, 0.4) is 0 Å². The zero-order chi connectivity index (χ0) is 16.6. The highest BCUT2D eigenvalue weighted by molar-refractivity contribution is 6.18. The molecule has 0 unspecified atom stereocenters. The van der Waals surface area contributed by atoms with Gasteiger partial charge in [0.05, 0.1) is 0 Å². The number of benzene rings is 1. The van der Waals surface area contributed by atoms with Gasteiger partial charge in [-0.15, -0.1) is 0 Å². The predicted octanol–water partition coefficient (Wildman–Crippen LogP) is 2.81. The van der Waals surface area contributed by atoms with Crippen LogP contribution >= 0.6 is 0 Å². The average Bonchev–Trinajstić information content (AvgIpc) is 2.96. The summed E-state index contributed by atoms with van der Waals surface area (Å²) in [7, 11) is 0. The molecule has 2 fully saturated rings. The number of cyclic esters (lactones) is 2. The van der Waals surface area contributed by atoms with Gasteiger partial charge in [0.25, 0.3) is 5.79 Å². The van der Waals surface area contributed by atoms with Crippen LogP contribution < -0.4 is 4.90 Å². The van der Waals surface area contributed by atoms with Gasteiger partial charge >= 0.3 is 11.9 Å². The Morgan fingerprint density at radius 2 is 1.70 bits per heavy atom. The molecule has 0 aromatic heterocycles. The van der Waals surface area contributed by atoms with E-state index in [1.54, 1.807) is 0 Å². The lowest BCUT2D eigenvalue weighted by Crippen LogP contribution is -2.41. The lowest BCUT2D eigenvalue weighted by Gasteiger charge is -2.29. The highest BCUT2D eigenvalue weighted by atomic mass is 16.7. The van der Waals surface area contributed by atoms with E-state index in [-0.39, 0.29) is 5.57 Å². The quantitative estimate of drug-likeness (QED) is 0.477. The summed E-state index contributed by atoms with van der Waals surface area (Å²) in [5.74, 6) is -2.50. The molecule has 0 radical (unpaired) electrons. The molecule has 5 nitrogen and oxygen atoms in total. The topological polar surface area (TPSA) is 55.8 Å². The molecule has 1 aromatic carbocycles. The molecule has 122 valence electrons. The molecule has 0 saturated carbocycles. The number of hydrogen-bond acceptors (Lipinski definition) is 5. The van der Waals surface area contributed by atoms with Gasteiger partial charge in [-0.3, -0.25) is 0 Å². The summed E-state index contributed by atoms with van der Waals surface area (Å²) in [6.07, 6.45) is 3.97. The fourth-order valence-corrected chi connectivity index (χ4v) is 3.03. The van der Waals surface area contributed by atoms with Gasteiger partial charge in [-0.05, 0) is 49.1 Å². The van der Waals surface area contributed by atoms with E-state index in [0.717, 1.165) is 24.2 Å². The molecule has 5 heteroatoms. The van der Waals surface area contributed by atoms with Crippen LogP contribution in [0.5, 0.6) is 0 Å². The van der Waals surface area contributed by atoms with E-state index >= 15 is 0 Å². The monoisotopic (exact) mass is 315 g/mol. The highest BCUT2D eigenvalue weighted by Crippen LogP contribution is 2.28. The molecule has 0 N–H and O–H groups in total. The zero-order valence-corrected chi connectivity index (χ0v) is 13.7. The van der Waals surface area contributed by atoms with Crippen LogP contribution in [-0.2, 0) is 19.1 Å². The minimum Gasteiger partial charge on any atom is -0.419 e. The Morgan fingerprint density at radius 3 is 2.26 bits per heavy atom. The van der Waals surface area contributed by atoms with Crippen LogP contribution in [0.25, 0.3) is 6.08 Å². The molecule has 3 rings (SSSR count). The first-order valence-electron chi connectivity index (χ1n) is 7.90. The first kappa shape index (κ1) is 15.6. The lowest BCUT2D eigenvalue weighted by molar-refractivity contribution is -0.222. The minimum atomic E-state index is -1.21. The standard InChI is InChI=1S/C18H21NO4/c1-12-10-13(6-7-15(12)19-8-4-5-9-19)11-14-16(20)22-18(2,3)23-17(14)21/h6-7,10-11H,4-5,8-9H2,1-3H3. The van der Waals surface area contributed by atoms with Crippen molar-refractivity contribution in [3.8, 4) is 0 Å². The molecule has 2 saturated heterocycles. The van der Waals surface area contributed by atoms with Crippen LogP contribution in [0.1, 0.15) is 37.8 Å². The predicted molar refractivity (Wildman–Crippen MR) is 86.9 cm³/mol. The Kier molecular flexibility index (Phi) is 3.88. The molecule has 1 aromatic rings. The summed E-state index contributed by atoms with van der Waals surface area (Å²) >= 11 is 0. The third kappa shape index (κ3) is 3.23. The maximum atomic E-state index is 12.0. The smallest absolute Gasteiger partial charge is 0.348 e. The third-order valence-electron chi connectivity index (χ3n) is 4.10. The fourth-order valence-electron chi connectivity index (χ4n) is 3.03. The van der Waals surface area contributed by atoms with Crippen LogP contribution in [-0.4, -0.2) is 30.8 Å². The number of carbonyl (C=O) groups is 2. The number of rotatable bonds is 2. The van der Waals surface area contributed by atoms with Crippen molar-refractivity contribution in [2.75, 3.05) is 18.0 Å². The van der Waals surface area contributed by atoms with E-state index in [1.165, 1.54) is 38.5 Å². The van der Waals surface area contributed by atoms with Gasteiger partial charge in [-0.25, -0.2) is 9.59 Å². The Labute approximate surface area is 135 Å².